The zero-order chi connectivity index (χ0) is 20.7. The molecule has 0 saturated heterocycles. The summed E-state index contributed by atoms with van der Waals surface area (Å²) < 4.78 is 16.0. The number of ether oxygens (including phenoxy) is 3. The van der Waals surface area contributed by atoms with Gasteiger partial charge in [-0.25, -0.2) is 0 Å². The van der Waals surface area contributed by atoms with Gasteiger partial charge < -0.3 is 24.4 Å². The normalized spacial score (nSPS) is 10.2. The minimum atomic E-state index is -0.312. The molecule has 0 atom stereocenters. The highest BCUT2D eigenvalue weighted by Crippen LogP contribution is 2.41. The molecule has 150 valence electrons. The zero-order valence-electron chi connectivity index (χ0n) is 16.9. The van der Waals surface area contributed by atoms with Gasteiger partial charge >= 0.3 is 0 Å². The Labute approximate surface area is 165 Å². The lowest BCUT2D eigenvalue weighted by Crippen LogP contribution is -2.36. The highest BCUT2D eigenvalue weighted by Gasteiger charge is 2.21. The lowest BCUT2D eigenvalue weighted by Gasteiger charge is -2.23. The van der Waals surface area contributed by atoms with E-state index in [0.717, 1.165) is 6.42 Å². The molecule has 7 heteroatoms. The molecule has 0 aromatic heterocycles. The second-order valence-electron chi connectivity index (χ2n) is 6.09. The Balaban J connectivity index is 2.25. The van der Waals surface area contributed by atoms with Crippen molar-refractivity contribution in [2.75, 3.05) is 38.1 Å². The van der Waals surface area contributed by atoms with Gasteiger partial charge in [0.05, 0.1) is 27.0 Å². The molecule has 0 aliphatic rings. The second-order valence-corrected chi connectivity index (χ2v) is 6.09. The van der Waals surface area contributed by atoms with E-state index in [1.54, 1.807) is 12.1 Å². The van der Waals surface area contributed by atoms with Crippen molar-refractivity contribution >= 4 is 23.2 Å². The topological polar surface area (TPSA) is 77.1 Å². The van der Waals surface area contributed by atoms with Crippen molar-refractivity contribution in [3.05, 3.63) is 42.0 Å². The highest BCUT2D eigenvalue weighted by molar-refractivity contribution is 6.02. The Morgan fingerprint density at radius 2 is 1.54 bits per heavy atom. The molecule has 0 aliphatic heterocycles. The molecule has 0 bridgehead atoms. The third kappa shape index (κ3) is 4.94. The molecule has 1 N–H and O–H groups in total. The third-order valence-electron chi connectivity index (χ3n) is 4.29. The van der Waals surface area contributed by atoms with E-state index in [4.69, 9.17) is 14.2 Å². The standard InChI is InChI=1S/C21H26N2O5/c1-6-15-7-9-16(10-8-15)22-20(25)13-23(14(2)24)17-11-18(26-3)21(28-5)19(12-17)27-4/h7-12H,6,13H2,1-5H3,(H,22,25). The van der Waals surface area contributed by atoms with Gasteiger partial charge in [0.2, 0.25) is 17.6 Å². The molecule has 7 nitrogen and oxygen atoms in total. The van der Waals surface area contributed by atoms with E-state index in [0.29, 0.717) is 28.6 Å². The monoisotopic (exact) mass is 386 g/mol. The molecule has 0 aliphatic carbocycles. The first kappa shape index (κ1) is 21.1. The van der Waals surface area contributed by atoms with Crippen LogP contribution >= 0.6 is 0 Å². The fourth-order valence-corrected chi connectivity index (χ4v) is 2.78. The number of hydrogen-bond acceptors (Lipinski definition) is 5. The fraction of sp³-hybridized carbons (Fsp3) is 0.333. The average molecular weight is 386 g/mol. The summed E-state index contributed by atoms with van der Waals surface area (Å²) in [5.41, 5.74) is 2.33. The lowest BCUT2D eigenvalue weighted by atomic mass is 10.1. The van der Waals surface area contributed by atoms with Crippen LogP contribution in [0.25, 0.3) is 0 Å². The van der Waals surface area contributed by atoms with Gasteiger partial charge in [0.1, 0.15) is 6.54 Å². The van der Waals surface area contributed by atoms with Gasteiger partial charge in [-0.1, -0.05) is 19.1 Å². The van der Waals surface area contributed by atoms with Gasteiger partial charge in [-0.15, -0.1) is 0 Å². The van der Waals surface area contributed by atoms with E-state index in [1.807, 2.05) is 24.3 Å². The number of nitrogens with one attached hydrogen (secondary N) is 1. The number of amides is 2. The maximum atomic E-state index is 12.5. The SMILES string of the molecule is CCc1ccc(NC(=O)CN(C(C)=O)c2cc(OC)c(OC)c(OC)c2)cc1. The summed E-state index contributed by atoms with van der Waals surface area (Å²) >= 11 is 0. The first-order chi connectivity index (χ1) is 13.4. The van der Waals surface area contributed by atoms with E-state index in [9.17, 15) is 9.59 Å². The van der Waals surface area contributed by atoms with E-state index in [-0.39, 0.29) is 18.4 Å². The molecular weight excluding hydrogens is 360 g/mol. The zero-order valence-corrected chi connectivity index (χ0v) is 16.9. The molecule has 0 heterocycles. The van der Waals surface area contributed by atoms with Crippen LogP contribution in [0.4, 0.5) is 11.4 Å². The number of carbonyl (C=O) groups is 2. The Hall–Kier alpha value is -3.22. The molecule has 0 spiro atoms. The van der Waals surface area contributed by atoms with E-state index >= 15 is 0 Å². The highest BCUT2D eigenvalue weighted by atomic mass is 16.5. The molecule has 2 aromatic rings. The summed E-state index contributed by atoms with van der Waals surface area (Å²) in [6, 6.07) is 10.9. The molecule has 0 unspecified atom stereocenters. The van der Waals surface area contributed by atoms with Crippen LogP contribution in [-0.2, 0) is 16.0 Å². The maximum Gasteiger partial charge on any atom is 0.244 e. The lowest BCUT2D eigenvalue weighted by molar-refractivity contribution is -0.120. The summed E-state index contributed by atoms with van der Waals surface area (Å²) in [4.78, 5) is 26.0. The van der Waals surface area contributed by atoms with Crippen LogP contribution < -0.4 is 24.4 Å². The molecular formula is C21H26N2O5. The van der Waals surface area contributed by atoms with Gasteiger partial charge in [-0.05, 0) is 24.1 Å². The van der Waals surface area contributed by atoms with E-state index < -0.39 is 0 Å². The largest absolute Gasteiger partial charge is 0.493 e. The van der Waals surface area contributed by atoms with Crippen molar-refractivity contribution in [1.82, 2.24) is 0 Å². The van der Waals surface area contributed by atoms with Crippen LogP contribution in [-0.4, -0.2) is 39.7 Å². The second kappa shape index (κ2) is 9.64. The fourth-order valence-electron chi connectivity index (χ4n) is 2.78. The Kier molecular flexibility index (Phi) is 7.26. The van der Waals surface area contributed by atoms with Crippen molar-refractivity contribution in [2.24, 2.45) is 0 Å². The molecule has 28 heavy (non-hydrogen) atoms. The van der Waals surface area contributed by atoms with Crippen LogP contribution in [0.15, 0.2) is 36.4 Å². The van der Waals surface area contributed by atoms with Gasteiger partial charge in [0, 0.05) is 24.7 Å². The molecule has 2 aromatic carbocycles. The van der Waals surface area contributed by atoms with Crippen molar-refractivity contribution in [3.63, 3.8) is 0 Å². The minimum absolute atomic E-state index is 0.149. The van der Waals surface area contributed by atoms with Crippen molar-refractivity contribution in [3.8, 4) is 17.2 Å². The number of aryl methyl sites for hydroxylation is 1. The van der Waals surface area contributed by atoms with Gasteiger partial charge in [-0.2, -0.15) is 0 Å². The first-order valence-corrected chi connectivity index (χ1v) is 8.90. The van der Waals surface area contributed by atoms with Crippen LogP contribution in [0.3, 0.4) is 0 Å². The summed E-state index contributed by atoms with van der Waals surface area (Å²) in [5.74, 6) is 0.619. The van der Waals surface area contributed by atoms with Crippen LogP contribution in [0, 0.1) is 0 Å². The quantitative estimate of drug-likeness (QED) is 0.753. The molecule has 0 fully saturated rings. The molecule has 0 saturated carbocycles. The summed E-state index contributed by atoms with van der Waals surface area (Å²) in [6.45, 7) is 3.31. The van der Waals surface area contributed by atoms with Gasteiger partial charge in [0.15, 0.2) is 11.5 Å². The molecule has 0 radical (unpaired) electrons. The van der Waals surface area contributed by atoms with Crippen molar-refractivity contribution in [1.29, 1.82) is 0 Å². The molecule has 2 rings (SSSR count). The molecule has 2 amide bonds. The Morgan fingerprint density at radius 1 is 0.964 bits per heavy atom. The van der Waals surface area contributed by atoms with E-state index in [1.165, 1.54) is 38.7 Å². The minimum Gasteiger partial charge on any atom is -0.493 e. The van der Waals surface area contributed by atoms with Gasteiger partial charge in [-0.3, -0.25) is 9.59 Å². The van der Waals surface area contributed by atoms with Gasteiger partial charge in [0.25, 0.3) is 0 Å². The number of carbonyl (C=O) groups excluding carboxylic acids is 2. The summed E-state index contributed by atoms with van der Waals surface area (Å²) in [6.07, 6.45) is 0.924. The predicted molar refractivity (Wildman–Crippen MR) is 109 cm³/mol. The predicted octanol–water partition coefficient (Wildman–Crippen LogP) is 3.27. The van der Waals surface area contributed by atoms with Crippen molar-refractivity contribution < 1.29 is 23.8 Å². The van der Waals surface area contributed by atoms with Crippen LogP contribution in [0.1, 0.15) is 19.4 Å². The number of benzene rings is 2. The number of anilines is 2. The summed E-state index contributed by atoms with van der Waals surface area (Å²) in [5, 5.41) is 2.81. The first-order valence-electron chi connectivity index (χ1n) is 8.90. The number of rotatable bonds is 8. The Bertz CT molecular complexity index is 808. The number of methoxy groups -OCH3 is 3. The third-order valence-corrected chi connectivity index (χ3v) is 4.29. The van der Waals surface area contributed by atoms with Crippen LogP contribution in [0.5, 0.6) is 17.2 Å². The average Bonchev–Trinajstić information content (AvgIpc) is 2.71. The number of nitrogens with zero attached hydrogens (tertiary/aromatic N) is 1. The maximum absolute atomic E-state index is 12.5. The Morgan fingerprint density at radius 3 is 1.96 bits per heavy atom. The summed E-state index contributed by atoms with van der Waals surface area (Å²) in [7, 11) is 4.48. The van der Waals surface area contributed by atoms with E-state index in [2.05, 4.69) is 12.2 Å². The smallest absolute Gasteiger partial charge is 0.244 e. The van der Waals surface area contributed by atoms with Crippen LogP contribution in [0.2, 0.25) is 0 Å². The number of hydrogen-bond donors (Lipinski definition) is 1. The van der Waals surface area contributed by atoms with Crippen molar-refractivity contribution in [2.45, 2.75) is 20.3 Å².